The number of carbonyl (C=O) groups excluding carboxylic acids is 1. The molecular weight excluding hydrogens is 428 g/mol. The zero-order valence-electron chi connectivity index (χ0n) is 20.0. The first-order chi connectivity index (χ1) is 16.4. The molecule has 2 aromatic heterocycles. The van der Waals surface area contributed by atoms with Crippen molar-refractivity contribution in [2.75, 3.05) is 14.2 Å². The lowest BCUT2D eigenvalue weighted by Gasteiger charge is -2.13. The Morgan fingerprint density at radius 2 is 1.65 bits per heavy atom. The van der Waals surface area contributed by atoms with Crippen molar-refractivity contribution in [2.24, 2.45) is 7.05 Å². The summed E-state index contributed by atoms with van der Waals surface area (Å²) >= 11 is 0. The van der Waals surface area contributed by atoms with E-state index < -0.39 is 0 Å². The third kappa shape index (κ3) is 4.93. The van der Waals surface area contributed by atoms with E-state index in [1.54, 1.807) is 25.1 Å². The molecule has 0 spiro atoms. The van der Waals surface area contributed by atoms with Crippen LogP contribution in [0.4, 0.5) is 0 Å². The van der Waals surface area contributed by atoms with Crippen molar-refractivity contribution < 1.29 is 14.3 Å². The molecule has 7 heteroatoms. The van der Waals surface area contributed by atoms with Crippen molar-refractivity contribution in [3.63, 3.8) is 0 Å². The van der Waals surface area contributed by atoms with E-state index in [4.69, 9.17) is 9.47 Å². The van der Waals surface area contributed by atoms with Crippen LogP contribution < -0.4 is 14.8 Å². The number of hydrogen-bond acceptors (Lipinski definition) is 5. The number of rotatable bonds is 7. The van der Waals surface area contributed by atoms with Gasteiger partial charge in [-0.05, 0) is 43.2 Å². The second kappa shape index (κ2) is 9.79. The smallest absolute Gasteiger partial charge is 0.253 e. The van der Waals surface area contributed by atoms with E-state index >= 15 is 0 Å². The quantitative estimate of drug-likeness (QED) is 0.436. The number of hydrogen-bond donors (Lipinski definition) is 1. The minimum absolute atomic E-state index is 0.215. The maximum Gasteiger partial charge on any atom is 0.253 e. The van der Waals surface area contributed by atoms with Gasteiger partial charge in [0.15, 0.2) is 11.5 Å². The molecule has 0 bridgehead atoms. The number of carbonyl (C=O) groups is 1. The second-order valence-corrected chi connectivity index (χ2v) is 8.27. The van der Waals surface area contributed by atoms with Crippen LogP contribution in [0.1, 0.15) is 27.0 Å². The zero-order valence-corrected chi connectivity index (χ0v) is 20.0. The summed E-state index contributed by atoms with van der Waals surface area (Å²) in [5, 5.41) is 7.27. The summed E-state index contributed by atoms with van der Waals surface area (Å²) in [5.74, 6) is 1.04. The number of aromatic nitrogens is 3. The summed E-state index contributed by atoms with van der Waals surface area (Å²) in [4.78, 5) is 18.1. The van der Waals surface area contributed by atoms with Crippen LogP contribution >= 0.6 is 0 Å². The van der Waals surface area contributed by atoms with Gasteiger partial charge in [0, 0.05) is 37.1 Å². The van der Waals surface area contributed by atoms with Crippen molar-refractivity contribution in [1.29, 1.82) is 0 Å². The highest BCUT2D eigenvalue weighted by Gasteiger charge is 2.18. The predicted molar refractivity (Wildman–Crippen MR) is 132 cm³/mol. The molecule has 1 N–H and O–H groups in total. The molecule has 4 aromatic rings. The third-order valence-corrected chi connectivity index (χ3v) is 5.57. The lowest BCUT2D eigenvalue weighted by atomic mass is 9.98. The Morgan fingerprint density at radius 1 is 0.912 bits per heavy atom. The van der Waals surface area contributed by atoms with Gasteiger partial charge in [0.1, 0.15) is 0 Å². The van der Waals surface area contributed by atoms with E-state index in [9.17, 15) is 4.79 Å². The molecule has 0 atom stereocenters. The maximum atomic E-state index is 13.4. The first-order valence-electron chi connectivity index (χ1n) is 10.9. The van der Waals surface area contributed by atoms with Crippen molar-refractivity contribution in [1.82, 2.24) is 20.1 Å². The van der Waals surface area contributed by atoms with Crippen LogP contribution in [-0.4, -0.2) is 34.9 Å². The first-order valence-corrected chi connectivity index (χ1v) is 10.9. The number of ether oxygens (including phenoxy) is 2. The van der Waals surface area contributed by atoms with Crippen LogP contribution in [0.2, 0.25) is 0 Å². The summed E-state index contributed by atoms with van der Waals surface area (Å²) in [7, 11) is 5.02. The minimum Gasteiger partial charge on any atom is -0.493 e. The molecule has 0 saturated carbocycles. The van der Waals surface area contributed by atoms with Gasteiger partial charge in [0.2, 0.25) is 0 Å². The lowest BCUT2D eigenvalue weighted by Crippen LogP contribution is -2.24. The Morgan fingerprint density at radius 3 is 2.29 bits per heavy atom. The fourth-order valence-corrected chi connectivity index (χ4v) is 3.98. The molecule has 7 nitrogen and oxygen atoms in total. The summed E-state index contributed by atoms with van der Waals surface area (Å²) in [6, 6.07) is 13.8. The summed E-state index contributed by atoms with van der Waals surface area (Å²) in [6.45, 7) is 4.45. The predicted octanol–water partition coefficient (Wildman–Crippen LogP) is 4.71. The topological polar surface area (TPSA) is 78.3 Å². The molecule has 0 unspecified atom stereocenters. The Hall–Kier alpha value is -4.13. The summed E-state index contributed by atoms with van der Waals surface area (Å²) < 4.78 is 12.4. The standard InChI is InChI=1S/C27H28N4O3/c1-17-8-18(2)10-20(9-17)21-12-23(26(28-14-21)22-15-30-31(3)16-22)27(32)29-13-19-6-7-24(33-4)25(11-19)34-5/h6-12,14-16H,13H2,1-5H3,(H,29,32). The zero-order chi connectivity index (χ0) is 24.2. The Bertz CT molecular complexity index is 1320. The average Bonchev–Trinajstić information content (AvgIpc) is 3.27. The number of amides is 1. The molecule has 1 amide bonds. The highest BCUT2D eigenvalue weighted by molar-refractivity contribution is 6.01. The molecule has 34 heavy (non-hydrogen) atoms. The molecule has 2 aromatic carbocycles. The number of nitrogens with zero attached hydrogens (tertiary/aromatic N) is 3. The van der Waals surface area contributed by atoms with Gasteiger partial charge in [0.05, 0.1) is 31.7 Å². The fraction of sp³-hybridized carbons (Fsp3) is 0.222. The van der Waals surface area contributed by atoms with Crippen LogP contribution in [-0.2, 0) is 13.6 Å². The van der Waals surface area contributed by atoms with Crippen LogP contribution in [0.25, 0.3) is 22.4 Å². The Kier molecular flexibility index (Phi) is 6.63. The molecule has 0 aliphatic heterocycles. The summed E-state index contributed by atoms with van der Waals surface area (Å²) in [6.07, 6.45) is 5.37. The van der Waals surface area contributed by atoms with Crippen molar-refractivity contribution in [3.8, 4) is 33.9 Å². The van der Waals surface area contributed by atoms with E-state index in [1.165, 1.54) is 0 Å². The van der Waals surface area contributed by atoms with Gasteiger partial charge in [-0.2, -0.15) is 5.10 Å². The largest absolute Gasteiger partial charge is 0.493 e. The van der Waals surface area contributed by atoms with Crippen molar-refractivity contribution in [3.05, 3.63) is 83.3 Å². The van der Waals surface area contributed by atoms with Gasteiger partial charge in [-0.1, -0.05) is 35.4 Å². The second-order valence-electron chi connectivity index (χ2n) is 8.27. The van der Waals surface area contributed by atoms with Crippen LogP contribution in [0.3, 0.4) is 0 Å². The number of benzene rings is 2. The fourth-order valence-electron chi connectivity index (χ4n) is 3.98. The number of aryl methyl sites for hydroxylation is 3. The van der Waals surface area contributed by atoms with Crippen molar-refractivity contribution >= 4 is 5.91 Å². The van der Waals surface area contributed by atoms with Crippen molar-refractivity contribution in [2.45, 2.75) is 20.4 Å². The molecule has 0 aliphatic carbocycles. The molecule has 2 heterocycles. The lowest BCUT2D eigenvalue weighted by molar-refractivity contribution is 0.0951. The highest BCUT2D eigenvalue weighted by atomic mass is 16.5. The van der Waals surface area contributed by atoms with Crippen LogP contribution in [0, 0.1) is 13.8 Å². The van der Waals surface area contributed by atoms with Crippen LogP contribution in [0.5, 0.6) is 11.5 Å². The van der Waals surface area contributed by atoms with Gasteiger partial charge in [-0.15, -0.1) is 0 Å². The Balaban J connectivity index is 1.68. The molecule has 0 aliphatic rings. The van der Waals surface area contributed by atoms with Gasteiger partial charge < -0.3 is 14.8 Å². The highest BCUT2D eigenvalue weighted by Crippen LogP contribution is 2.29. The number of methoxy groups -OCH3 is 2. The van der Waals surface area contributed by atoms with E-state index in [0.29, 0.717) is 29.3 Å². The monoisotopic (exact) mass is 456 g/mol. The normalized spacial score (nSPS) is 10.7. The SMILES string of the molecule is COc1ccc(CNC(=O)c2cc(-c3cc(C)cc(C)c3)cnc2-c2cnn(C)c2)cc1OC. The molecule has 0 fully saturated rings. The average molecular weight is 457 g/mol. The van der Waals surface area contributed by atoms with Gasteiger partial charge in [0.25, 0.3) is 5.91 Å². The van der Waals surface area contributed by atoms with E-state index in [-0.39, 0.29) is 5.91 Å². The molecule has 0 saturated heterocycles. The maximum absolute atomic E-state index is 13.4. The van der Waals surface area contributed by atoms with Gasteiger partial charge in [-0.3, -0.25) is 14.5 Å². The molecular formula is C27H28N4O3. The molecule has 174 valence electrons. The van der Waals surface area contributed by atoms with Gasteiger partial charge in [-0.25, -0.2) is 0 Å². The first kappa shape index (κ1) is 23.0. The molecule has 4 rings (SSSR count). The molecule has 0 radical (unpaired) electrons. The van der Waals surface area contributed by atoms with E-state index in [1.807, 2.05) is 43.7 Å². The minimum atomic E-state index is -0.215. The number of nitrogens with one attached hydrogen (secondary N) is 1. The summed E-state index contributed by atoms with van der Waals surface area (Å²) in [5.41, 5.74) is 6.98. The van der Waals surface area contributed by atoms with E-state index in [0.717, 1.165) is 33.4 Å². The van der Waals surface area contributed by atoms with E-state index in [2.05, 4.69) is 47.4 Å². The third-order valence-electron chi connectivity index (χ3n) is 5.57. The number of pyridine rings is 1. The van der Waals surface area contributed by atoms with Gasteiger partial charge >= 0.3 is 0 Å². The Labute approximate surface area is 199 Å². The van der Waals surface area contributed by atoms with Crippen LogP contribution in [0.15, 0.2) is 61.1 Å².